The number of thiazole rings is 1. The molecular weight excluding hydrogens is 529 g/mol. The van der Waals surface area contributed by atoms with Gasteiger partial charge in [-0.1, -0.05) is 72.5 Å². The number of aryl methyl sites for hydroxylation is 1. The van der Waals surface area contributed by atoms with E-state index in [1.54, 1.807) is 0 Å². The molecule has 0 atom stereocenters. The van der Waals surface area contributed by atoms with Crippen LogP contribution in [0.3, 0.4) is 0 Å². The van der Waals surface area contributed by atoms with Crippen molar-refractivity contribution in [2.75, 3.05) is 24.5 Å². The molecule has 0 saturated heterocycles. The summed E-state index contributed by atoms with van der Waals surface area (Å²) in [5, 5.41) is 7.90. The second-order valence-corrected chi connectivity index (χ2v) is 13.0. The monoisotopic (exact) mass is 557 g/mol. The van der Waals surface area contributed by atoms with Crippen LogP contribution in [0, 0.1) is 0 Å². The Kier molecular flexibility index (Phi) is 6.78. The Labute approximate surface area is 235 Å². The van der Waals surface area contributed by atoms with Crippen LogP contribution in [0.25, 0.3) is 37.8 Å². The van der Waals surface area contributed by atoms with E-state index in [0.717, 1.165) is 6.42 Å². The van der Waals surface area contributed by atoms with Crippen molar-refractivity contribution >= 4 is 90.1 Å². The molecule has 0 bridgehead atoms. The minimum absolute atomic E-state index is 0.982. The number of anilines is 1. The largest absolute Gasteiger partial charge is 0.338 e. The Hall–Kier alpha value is -2.38. The summed E-state index contributed by atoms with van der Waals surface area (Å²) < 4.78 is 3.72. The lowest BCUT2D eigenvalue weighted by molar-refractivity contribution is -0.641. The average molecular weight is 558 g/mol. The van der Waals surface area contributed by atoms with Gasteiger partial charge in [0.1, 0.15) is 11.7 Å². The average Bonchev–Trinajstić information content (AvgIpc) is 3.42. The number of hydrogen-bond acceptors (Lipinski definition) is 5. The van der Waals surface area contributed by atoms with E-state index in [9.17, 15) is 0 Å². The molecule has 0 saturated carbocycles. The summed E-state index contributed by atoms with van der Waals surface area (Å²) in [4.78, 5) is 6.41. The number of hydrogen-bond donors (Lipinski definition) is 0. The fraction of sp³-hybridized carbons (Fsp3) is 0.194. The summed E-state index contributed by atoms with van der Waals surface area (Å²) in [7, 11) is 4.41. The van der Waals surface area contributed by atoms with Crippen LogP contribution in [0.4, 0.5) is 5.69 Å². The summed E-state index contributed by atoms with van der Waals surface area (Å²) in [6.07, 6.45) is 10.1. The van der Waals surface area contributed by atoms with Gasteiger partial charge in [0, 0.05) is 38.6 Å². The molecule has 2 heterocycles. The minimum atomic E-state index is 0.982. The van der Waals surface area contributed by atoms with E-state index in [0.29, 0.717) is 0 Å². The van der Waals surface area contributed by atoms with Gasteiger partial charge in [-0.25, -0.2) is 0 Å². The molecule has 1 aliphatic heterocycles. The Morgan fingerprint density at radius 1 is 0.919 bits per heavy atom. The van der Waals surface area contributed by atoms with Crippen LogP contribution in [0.15, 0.2) is 92.0 Å². The maximum atomic E-state index is 2.38. The highest BCUT2D eigenvalue weighted by atomic mass is 32.2. The van der Waals surface area contributed by atoms with Crippen LogP contribution >= 0.6 is 46.6 Å². The van der Waals surface area contributed by atoms with Crippen molar-refractivity contribution in [3.63, 3.8) is 0 Å². The number of fused-ring (bicyclic) bond motifs is 6. The number of thioether (sulfide) groups is 3. The molecule has 0 N–H and O–H groups in total. The molecule has 0 unspecified atom stereocenters. The molecule has 2 nitrogen and oxygen atoms in total. The molecule has 4 aromatic carbocycles. The summed E-state index contributed by atoms with van der Waals surface area (Å²) in [6.45, 7) is 2.26. The number of aromatic nitrogens is 1. The predicted molar refractivity (Wildman–Crippen MR) is 169 cm³/mol. The van der Waals surface area contributed by atoms with Gasteiger partial charge in [0.15, 0.2) is 0 Å². The van der Waals surface area contributed by atoms with Crippen molar-refractivity contribution in [3.05, 3.63) is 82.3 Å². The van der Waals surface area contributed by atoms with E-state index in [1.807, 2.05) is 46.6 Å². The maximum absolute atomic E-state index is 2.38. The highest BCUT2D eigenvalue weighted by Crippen LogP contribution is 2.51. The molecule has 6 heteroatoms. The van der Waals surface area contributed by atoms with E-state index in [1.165, 1.54) is 67.7 Å². The molecule has 0 radical (unpaired) electrons. The van der Waals surface area contributed by atoms with Gasteiger partial charge in [-0.3, -0.25) is 0 Å². The maximum Gasteiger partial charge on any atom is 0.262 e. The highest BCUT2D eigenvalue weighted by molar-refractivity contribution is 8.03. The molecule has 0 fully saturated rings. The zero-order valence-corrected chi connectivity index (χ0v) is 24.9. The normalized spacial score (nSPS) is 15.0. The zero-order valence-electron chi connectivity index (χ0n) is 21.7. The number of nitrogens with zero attached hydrogens (tertiary/aromatic N) is 2. The Balaban J connectivity index is 1.44. The van der Waals surface area contributed by atoms with E-state index >= 15 is 0 Å². The first-order valence-electron chi connectivity index (χ1n) is 12.4. The third-order valence-electron chi connectivity index (χ3n) is 7.11. The van der Waals surface area contributed by atoms with Gasteiger partial charge in [0.25, 0.3) is 5.01 Å². The third kappa shape index (κ3) is 4.19. The van der Waals surface area contributed by atoms with Crippen molar-refractivity contribution in [3.8, 4) is 0 Å². The summed E-state index contributed by atoms with van der Waals surface area (Å²) in [5.41, 5.74) is 3.99. The van der Waals surface area contributed by atoms with Gasteiger partial charge in [-0.2, -0.15) is 4.57 Å². The van der Waals surface area contributed by atoms with Crippen molar-refractivity contribution < 1.29 is 4.57 Å². The van der Waals surface area contributed by atoms with Gasteiger partial charge < -0.3 is 4.90 Å². The first-order chi connectivity index (χ1) is 18.0. The Morgan fingerprint density at radius 3 is 2.22 bits per heavy atom. The molecule has 5 aromatic rings. The summed E-state index contributed by atoms with van der Waals surface area (Å²) in [6, 6.07) is 22.3. The van der Waals surface area contributed by atoms with Crippen molar-refractivity contribution in [2.45, 2.75) is 28.0 Å². The lowest BCUT2D eigenvalue weighted by Crippen LogP contribution is -2.29. The molecule has 0 amide bonds. The summed E-state index contributed by atoms with van der Waals surface area (Å²) >= 11 is 7.43. The lowest BCUT2D eigenvalue weighted by Gasteiger charge is -2.17. The molecule has 1 aliphatic rings. The fourth-order valence-corrected chi connectivity index (χ4v) is 8.97. The zero-order chi connectivity index (χ0) is 25.7. The first kappa shape index (κ1) is 24.9. The molecule has 0 spiro atoms. The smallest absolute Gasteiger partial charge is 0.262 e. The van der Waals surface area contributed by atoms with Crippen LogP contribution in [-0.4, -0.2) is 19.6 Å². The Bertz CT molecular complexity index is 1750. The van der Waals surface area contributed by atoms with Crippen LogP contribution in [-0.2, 0) is 7.05 Å². The van der Waals surface area contributed by atoms with Crippen LogP contribution in [0.1, 0.15) is 18.4 Å². The lowest BCUT2D eigenvalue weighted by atomic mass is 10.1. The number of benzene rings is 4. The van der Waals surface area contributed by atoms with Crippen LogP contribution in [0.2, 0.25) is 0 Å². The van der Waals surface area contributed by atoms with E-state index in [2.05, 4.69) is 116 Å². The minimum Gasteiger partial charge on any atom is -0.338 e. The fourth-order valence-electron chi connectivity index (χ4n) is 5.19. The van der Waals surface area contributed by atoms with Crippen molar-refractivity contribution in [2.24, 2.45) is 7.05 Å². The highest BCUT2D eigenvalue weighted by Gasteiger charge is 2.26. The summed E-state index contributed by atoms with van der Waals surface area (Å²) in [5.74, 6) is 0. The molecule has 6 rings (SSSR count). The van der Waals surface area contributed by atoms with E-state index in [4.69, 9.17) is 0 Å². The molecular formula is C31H29N2S4+. The van der Waals surface area contributed by atoms with E-state index in [-0.39, 0.29) is 0 Å². The molecule has 186 valence electrons. The Morgan fingerprint density at radius 2 is 1.54 bits per heavy atom. The third-order valence-corrected chi connectivity index (χ3v) is 10.9. The van der Waals surface area contributed by atoms with Gasteiger partial charge in [0.05, 0.1) is 16.1 Å². The van der Waals surface area contributed by atoms with E-state index < -0.39 is 0 Å². The van der Waals surface area contributed by atoms with Gasteiger partial charge >= 0.3 is 0 Å². The second-order valence-electron chi connectivity index (χ2n) is 9.16. The molecule has 37 heavy (non-hydrogen) atoms. The quantitative estimate of drug-likeness (QED) is 0.157. The second kappa shape index (κ2) is 10.1. The van der Waals surface area contributed by atoms with Gasteiger partial charge in [0.2, 0.25) is 5.52 Å². The first-order valence-corrected chi connectivity index (χ1v) is 16.4. The van der Waals surface area contributed by atoms with Gasteiger partial charge in [-0.15, -0.1) is 23.5 Å². The SMILES string of the molecule is CCC(=Cc1sc2cc(SC)c3ccccc3c2[n+]1C)C=C1Sc2cc(SC)c3ccccc3c2N1C. The molecule has 0 aliphatic carbocycles. The van der Waals surface area contributed by atoms with Crippen molar-refractivity contribution in [1.29, 1.82) is 0 Å². The van der Waals surface area contributed by atoms with Crippen LogP contribution < -0.4 is 9.47 Å². The molecule has 1 aromatic heterocycles. The van der Waals surface area contributed by atoms with Crippen molar-refractivity contribution in [1.82, 2.24) is 0 Å². The topological polar surface area (TPSA) is 7.12 Å². The number of allylic oxidation sites excluding steroid dienone is 2. The van der Waals surface area contributed by atoms with Gasteiger partial charge in [-0.05, 0) is 54.2 Å². The number of rotatable bonds is 5. The standard InChI is InChI=1S/C31H29N2S4/c1-6-19(15-28-32(2)30-22-13-9-7-11-20(22)24(34-4)17-26(30)36-28)16-29-33(3)31-23-14-10-8-12-21(23)25(35-5)18-27(31)37-29/h7-18H,6H2,1-5H3/q+1. The predicted octanol–water partition coefficient (Wildman–Crippen LogP) is 9.35. The van der Waals surface area contributed by atoms with Crippen LogP contribution in [0.5, 0.6) is 0 Å².